The summed E-state index contributed by atoms with van der Waals surface area (Å²) in [7, 11) is 1.63. The topological polar surface area (TPSA) is 71.1 Å². The average molecular weight is 350 g/mol. The number of nitrogens with zero attached hydrogens (tertiary/aromatic N) is 3. The van der Waals surface area contributed by atoms with Crippen LogP contribution in [0.3, 0.4) is 0 Å². The van der Waals surface area contributed by atoms with Crippen molar-refractivity contribution in [3.63, 3.8) is 0 Å². The molecule has 0 aliphatic carbocycles. The molecule has 0 saturated carbocycles. The van der Waals surface area contributed by atoms with E-state index >= 15 is 0 Å². The molecule has 2 aromatic heterocycles. The summed E-state index contributed by atoms with van der Waals surface area (Å²) in [4.78, 5) is 27.1. The highest BCUT2D eigenvalue weighted by molar-refractivity contribution is 5.92. The molecule has 0 amide bonds. The van der Waals surface area contributed by atoms with E-state index in [2.05, 4.69) is 26.8 Å². The van der Waals surface area contributed by atoms with Crippen molar-refractivity contribution in [1.82, 2.24) is 15.0 Å². The lowest BCUT2D eigenvalue weighted by Crippen LogP contribution is -2.39. The molecule has 6 heteroatoms. The molecular formula is C20H22N4O2. The van der Waals surface area contributed by atoms with E-state index in [0.717, 1.165) is 36.3 Å². The molecule has 1 fully saturated rings. The maximum absolute atomic E-state index is 12.9. The van der Waals surface area contributed by atoms with E-state index in [9.17, 15) is 4.79 Å². The van der Waals surface area contributed by atoms with E-state index in [1.165, 1.54) is 6.42 Å². The van der Waals surface area contributed by atoms with Crippen molar-refractivity contribution >= 4 is 17.0 Å². The minimum absolute atomic E-state index is 0.159. The number of benzene rings is 1. The highest BCUT2D eigenvalue weighted by atomic mass is 16.5. The van der Waals surface area contributed by atoms with E-state index in [1.807, 2.05) is 30.3 Å². The van der Waals surface area contributed by atoms with Gasteiger partial charge < -0.3 is 9.64 Å². The van der Waals surface area contributed by atoms with Crippen molar-refractivity contribution in [3.05, 3.63) is 46.9 Å². The van der Waals surface area contributed by atoms with Crippen LogP contribution in [0.5, 0.6) is 5.75 Å². The summed E-state index contributed by atoms with van der Waals surface area (Å²) in [6.07, 6.45) is 5.14. The second kappa shape index (κ2) is 6.78. The number of ether oxygens (including phenoxy) is 1. The summed E-state index contributed by atoms with van der Waals surface area (Å²) in [5.74, 6) is 1.36. The second-order valence-corrected chi connectivity index (χ2v) is 6.72. The molecule has 6 nitrogen and oxygen atoms in total. The molecule has 26 heavy (non-hydrogen) atoms. The van der Waals surface area contributed by atoms with Gasteiger partial charge in [0.1, 0.15) is 5.75 Å². The van der Waals surface area contributed by atoms with Crippen LogP contribution in [0.4, 0.5) is 5.95 Å². The van der Waals surface area contributed by atoms with Crippen molar-refractivity contribution in [3.8, 4) is 16.9 Å². The second-order valence-electron chi connectivity index (χ2n) is 6.72. The molecule has 0 bridgehead atoms. The summed E-state index contributed by atoms with van der Waals surface area (Å²) >= 11 is 0. The predicted molar refractivity (Wildman–Crippen MR) is 103 cm³/mol. The van der Waals surface area contributed by atoms with Crippen molar-refractivity contribution in [2.24, 2.45) is 0 Å². The van der Waals surface area contributed by atoms with Gasteiger partial charge in [0.05, 0.1) is 12.5 Å². The molecule has 0 spiro atoms. The standard InChI is InChI=1S/C20H22N4O2/c1-13-6-3-4-11-24(13)20-22-18-17(19(25)23-20)16(9-10-21-18)14-7-5-8-15(12-14)26-2/h5,7-10,12-13H,3-4,6,11H2,1-2H3,(H,21,22,23,25). The first-order valence-electron chi connectivity index (χ1n) is 8.97. The van der Waals surface area contributed by atoms with Gasteiger partial charge in [-0.1, -0.05) is 12.1 Å². The number of hydrogen-bond acceptors (Lipinski definition) is 5. The maximum Gasteiger partial charge on any atom is 0.262 e. The molecule has 4 rings (SSSR count). The number of fused-ring (bicyclic) bond motifs is 1. The van der Waals surface area contributed by atoms with Gasteiger partial charge in [0, 0.05) is 18.8 Å². The van der Waals surface area contributed by atoms with E-state index in [1.54, 1.807) is 13.3 Å². The minimum atomic E-state index is -0.159. The Kier molecular flexibility index (Phi) is 4.32. The minimum Gasteiger partial charge on any atom is -0.497 e. The number of nitrogens with one attached hydrogen (secondary N) is 1. The zero-order valence-corrected chi connectivity index (χ0v) is 15.0. The Morgan fingerprint density at radius 1 is 1.27 bits per heavy atom. The van der Waals surface area contributed by atoms with Crippen LogP contribution >= 0.6 is 0 Å². The highest BCUT2D eigenvalue weighted by Gasteiger charge is 2.22. The number of aromatic amines is 1. The van der Waals surface area contributed by atoms with Gasteiger partial charge in [-0.3, -0.25) is 9.78 Å². The third-order valence-corrected chi connectivity index (χ3v) is 5.05. The van der Waals surface area contributed by atoms with Gasteiger partial charge in [-0.2, -0.15) is 4.98 Å². The Bertz CT molecular complexity index is 999. The van der Waals surface area contributed by atoms with Gasteiger partial charge in [0.15, 0.2) is 5.65 Å². The first kappa shape index (κ1) is 16.6. The number of piperidine rings is 1. The molecule has 1 N–H and O–H groups in total. The van der Waals surface area contributed by atoms with E-state index in [-0.39, 0.29) is 5.56 Å². The third-order valence-electron chi connectivity index (χ3n) is 5.05. The van der Waals surface area contributed by atoms with Gasteiger partial charge in [-0.25, -0.2) is 4.98 Å². The molecule has 0 radical (unpaired) electrons. The molecule has 1 saturated heterocycles. The van der Waals surface area contributed by atoms with Gasteiger partial charge in [0.25, 0.3) is 5.56 Å². The van der Waals surface area contributed by atoms with Gasteiger partial charge in [0.2, 0.25) is 5.95 Å². The quantitative estimate of drug-likeness (QED) is 0.784. The lowest BCUT2D eigenvalue weighted by molar-refractivity contribution is 0.415. The van der Waals surface area contributed by atoms with Crippen LogP contribution in [0.25, 0.3) is 22.2 Å². The van der Waals surface area contributed by atoms with Crippen LogP contribution in [0, 0.1) is 0 Å². The summed E-state index contributed by atoms with van der Waals surface area (Å²) < 4.78 is 5.31. The smallest absolute Gasteiger partial charge is 0.262 e. The normalized spacial score (nSPS) is 17.5. The molecule has 1 aliphatic heterocycles. The first-order valence-corrected chi connectivity index (χ1v) is 8.97. The average Bonchev–Trinajstić information content (AvgIpc) is 2.68. The largest absolute Gasteiger partial charge is 0.497 e. The fourth-order valence-electron chi connectivity index (χ4n) is 3.63. The number of anilines is 1. The lowest BCUT2D eigenvalue weighted by Gasteiger charge is -2.33. The SMILES string of the molecule is COc1cccc(-c2ccnc3nc(N4CCCCC4C)[nH]c(=O)c23)c1. The summed E-state index contributed by atoms with van der Waals surface area (Å²) in [6, 6.07) is 9.87. The maximum atomic E-state index is 12.9. The fourth-order valence-corrected chi connectivity index (χ4v) is 3.63. The fraction of sp³-hybridized carbons (Fsp3) is 0.350. The molecule has 3 heterocycles. The van der Waals surface area contributed by atoms with Crippen LogP contribution in [0.15, 0.2) is 41.3 Å². The number of methoxy groups -OCH3 is 1. The molecular weight excluding hydrogens is 328 g/mol. The van der Waals surface area contributed by atoms with Crippen molar-refractivity contribution in [1.29, 1.82) is 0 Å². The molecule has 1 aliphatic rings. The van der Waals surface area contributed by atoms with Crippen molar-refractivity contribution in [2.75, 3.05) is 18.6 Å². The zero-order chi connectivity index (χ0) is 18.1. The van der Waals surface area contributed by atoms with Gasteiger partial charge in [-0.05, 0) is 55.5 Å². The van der Waals surface area contributed by atoms with E-state index < -0.39 is 0 Å². The Hall–Kier alpha value is -2.89. The lowest BCUT2D eigenvalue weighted by atomic mass is 10.0. The third kappa shape index (κ3) is 2.92. The van der Waals surface area contributed by atoms with Crippen LogP contribution in [-0.4, -0.2) is 34.6 Å². The van der Waals surface area contributed by atoms with E-state index in [0.29, 0.717) is 23.0 Å². The Morgan fingerprint density at radius 3 is 2.96 bits per heavy atom. The number of rotatable bonds is 3. The van der Waals surface area contributed by atoms with Crippen LogP contribution in [0.2, 0.25) is 0 Å². The summed E-state index contributed by atoms with van der Waals surface area (Å²) in [6.45, 7) is 3.08. The summed E-state index contributed by atoms with van der Waals surface area (Å²) in [5, 5.41) is 0.508. The number of pyridine rings is 1. The molecule has 1 atom stereocenters. The van der Waals surface area contributed by atoms with Crippen molar-refractivity contribution < 1.29 is 4.74 Å². The Balaban J connectivity index is 1.86. The van der Waals surface area contributed by atoms with Crippen LogP contribution in [-0.2, 0) is 0 Å². The molecule has 1 aromatic carbocycles. The Labute approximate surface area is 151 Å². The summed E-state index contributed by atoms with van der Waals surface area (Å²) in [5.41, 5.74) is 2.03. The molecule has 134 valence electrons. The molecule has 3 aromatic rings. The monoisotopic (exact) mass is 350 g/mol. The van der Waals surface area contributed by atoms with Gasteiger partial charge >= 0.3 is 0 Å². The Morgan fingerprint density at radius 2 is 2.15 bits per heavy atom. The first-order chi connectivity index (χ1) is 12.7. The zero-order valence-electron chi connectivity index (χ0n) is 15.0. The van der Waals surface area contributed by atoms with E-state index in [4.69, 9.17) is 4.74 Å². The number of H-pyrrole nitrogens is 1. The number of aromatic nitrogens is 3. The van der Waals surface area contributed by atoms with Gasteiger partial charge in [-0.15, -0.1) is 0 Å². The van der Waals surface area contributed by atoms with Crippen LogP contribution < -0.4 is 15.2 Å². The molecule has 1 unspecified atom stereocenters. The van der Waals surface area contributed by atoms with Crippen molar-refractivity contribution in [2.45, 2.75) is 32.2 Å². The van der Waals surface area contributed by atoms with Crippen LogP contribution in [0.1, 0.15) is 26.2 Å². The highest BCUT2D eigenvalue weighted by Crippen LogP contribution is 2.28. The predicted octanol–water partition coefficient (Wildman–Crippen LogP) is 3.37. The number of hydrogen-bond donors (Lipinski definition) is 1.